The Hall–Kier alpha value is -8.69. The molecule has 2 fully saturated rings. The molecule has 17 heteroatoms. The van der Waals surface area contributed by atoms with Crippen LogP contribution in [0.1, 0.15) is 71.0 Å². The van der Waals surface area contributed by atoms with Gasteiger partial charge in [-0.05, 0) is 65.6 Å². The van der Waals surface area contributed by atoms with Crippen LogP contribution < -0.4 is 20.3 Å². The first-order valence-electron chi connectivity index (χ1n) is 24.6. The van der Waals surface area contributed by atoms with Gasteiger partial charge in [-0.2, -0.15) is 0 Å². The number of morpholine rings is 1. The van der Waals surface area contributed by atoms with Crippen molar-refractivity contribution in [3.63, 3.8) is 0 Å². The highest BCUT2D eigenvalue weighted by Crippen LogP contribution is 2.67. The molecule has 0 saturated carbocycles. The number of imide groups is 1. The summed E-state index contributed by atoms with van der Waals surface area (Å²) in [5, 5.41) is 16.4. The van der Waals surface area contributed by atoms with E-state index in [4.69, 9.17) is 23.9 Å². The summed E-state index contributed by atoms with van der Waals surface area (Å²) in [6.07, 6.45) is -1.32. The van der Waals surface area contributed by atoms with Crippen LogP contribution in [-0.2, 0) is 43.6 Å². The third kappa shape index (κ3) is 9.10. The van der Waals surface area contributed by atoms with Crippen molar-refractivity contribution in [2.45, 2.75) is 49.0 Å². The van der Waals surface area contributed by atoms with E-state index in [0.717, 1.165) is 29.4 Å². The maximum Gasteiger partial charge on any atom is 0.329 e. The van der Waals surface area contributed by atoms with Gasteiger partial charge in [-0.15, -0.1) is 0 Å². The summed E-state index contributed by atoms with van der Waals surface area (Å²) >= 11 is 1.21. The quantitative estimate of drug-likeness (QED) is 0.0433. The number of carbonyl (C=O) groups excluding carboxylic acids is 6. The molecule has 3 N–H and O–H groups in total. The number of rotatable bonds is 13. The van der Waals surface area contributed by atoms with Gasteiger partial charge >= 0.3 is 23.9 Å². The molecule has 0 radical (unpaired) electrons. The number of nitrogens with one attached hydrogen (secondary N) is 2. The van der Waals surface area contributed by atoms with Crippen LogP contribution in [0.15, 0.2) is 158 Å². The Balaban J connectivity index is 1.27. The zero-order valence-electron chi connectivity index (χ0n) is 41.5. The van der Waals surface area contributed by atoms with E-state index in [2.05, 4.69) is 22.5 Å². The van der Waals surface area contributed by atoms with Gasteiger partial charge in [-0.1, -0.05) is 145 Å². The number of para-hydroxylation sites is 2. The van der Waals surface area contributed by atoms with Gasteiger partial charge in [0.2, 0.25) is 11.8 Å². The number of carbonyl (C=O) groups is 6. The van der Waals surface area contributed by atoms with Crippen molar-refractivity contribution >= 4 is 68.1 Å². The molecule has 1 aromatic heterocycles. The van der Waals surface area contributed by atoms with Crippen molar-refractivity contribution < 1.29 is 52.8 Å². The van der Waals surface area contributed by atoms with Gasteiger partial charge in [0, 0.05) is 17.5 Å². The lowest BCUT2D eigenvalue weighted by atomic mass is 9.65. The number of amides is 4. The number of urea groups is 1. The van der Waals surface area contributed by atoms with Crippen molar-refractivity contribution in [1.82, 2.24) is 15.2 Å². The lowest BCUT2D eigenvalue weighted by molar-refractivity contribution is -0.178. The second-order valence-electron chi connectivity index (χ2n) is 18.4. The molecule has 10 rings (SSSR count). The second-order valence-corrected chi connectivity index (χ2v) is 19.4. The molecule has 0 bridgehead atoms. The van der Waals surface area contributed by atoms with Gasteiger partial charge < -0.3 is 34.7 Å². The number of methoxy groups -OCH3 is 2. The number of anilines is 2. The number of hydrogen-bond acceptors (Lipinski definition) is 14. The molecule has 2 saturated heterocycles. The van der Waals surface area contributed by atoms with Crippen molar-refractivity contribution in [2.24, 2.45) is 11.8 Å². The molecule has 7 atom stereocenters. The summed E-state index contributed by atoms with van der Waals surface area (Å²) in [4.78, 5) is 97.1. The third-order valence-electron chi connectivity index (χ3n) is 14.2. The molecule has 3 aliphatic heterocycles. The normalized spacial score (nSPS) is 21.0. The summed E-state index contributed by atoms with van der Waals surface area (Å²) in [6.45, 7) is 1.25. The topological polar surface area (TPSA) is 203 Å². The van der Waals surface area contributed by atoms with Crippen molar-refractivity contribution in [1.29, 1.82) is 0 Å². The molecule has 4 heterocycles. The molecule has 7 aromatic rings. The smallest absolute Gasteiger partial charge is 0.329 e. The highest BCUT2D eigenvalue weighted by atomic mass is 32.1. The van der Waals surface area contributed by atoms with Crippen LogP contribution in [0.3, 0.4) is 0 Å². The van der Waals surface area contributed by atoms with Crippen molar-refractivity contribution in [3.05, 3.63) is 191 Å². The molecule has 0 aliphatic carbocycles. The van der Waals surface area contributed by atoms with E-state index < -0.39 is 83.3 Å². The van der Waals surface area contributed by atoms with E-state index in [1.165, 1.54) is 11.3 Å². The van der Waals surface area contributed by atoms with Crippen LogP contribution in [0.25, 0.3) is 10.2 Å². The molecule has 1 spiro atoms. The Bertz CT molecular complexity index is 3370. The van der Waals surface area contributed by atoms with Gasteiger partial charge in [-0.25, -0.2) is 14.7 Å². The van der Waals surface area contributed by atoms with Crippen molar-refractivity contribution in [2.75, 3.05) is 37.7 Å². The summed E-state index contributed by atoms with van der Waals surface area (Å²) in [5.41, 5.74) is 1.30. The minimum Gasteiger partial charge on any atom is -0.491 e. The highest BCUT2D eigenvalue weighted by Gasteiger charge is 2.76. The van der Waals surface area contributed by atoms with Crippen LogP contribution >= 0.6 is 11.3 Å². The van der Waals surface area contributed by atoms with Crippen LogP contribution in [0.4, 0.5) is 15.6 Å². The number of esters is 3. The summed E-state index contributed by atoms with van der Waals surface area (Å²) < 4.78 is 23.5. The summed E-state index contributed by atoms with van der Waals surface area (Å²) in [7, 11) is 2.29. The first-order valence-corrected chi connectivity index (χ1v) is 25.4. The van der Waals surface area contributed by atoms with Crippen LogP contribution in [0.2, 0.25) is 0 Å². The summed E-state index contributed by atoms with van der Waals surface area (Å²) in [5.74, 6) is -1.03. The lowest BCUT2D eigenvalue weighted by Gasteiger charge is -2.46. The van der Waals surface area contributed by atoms with E-state index >= 15 is 19.2 Å². The van der Waals surface area contributed by atoms with E-state index in [1.807, 2.05) is 114 Å². The second kappa shape index (κ2) is 21.6. The SMILES string of the molecule is COC(=O)C(CC#Cc1ccc2c(c1)[C@]1(C(=O)N2C(=O)N[C@H](C)c2ccccc2)[C@H](c2ccccc2OCCO)N2[C@H](c3ccccc3)[C@H](c3ccccc3)OC(=O)[C@H]2[C@@H]1C(=O)Nc1nc2ccccc2s1)C(=O)OC. The predicted molar refractivity (Wildman–Crippen MR) is 282 cm³/mol. The Kier molecular flexibility index (Phi) is 14.5. The minimum atomic E-state index is -2.23. The minimum absolute atomic E-state index is 0.0935. The van der Waals surface area contributed by atoms with Gasteiger partial charge in [-0.3, -0.25) is 28.9 Å². The lowest BCUT2D eigenvalue weighted by Crippen LogP contribution is -2.55. The largest absolute Gasteiger partial charge is 0.491 e. The van der Waals surface area contributed by atoms with Gasteiger partial charge in [0.25, 0.3) is 0 Å². The predicted octanol–water partition coefficient (Wildman–Crippen LogP) is 8.15. The number of benzene rings is 6. The van der Waals surface area contributed by atoms with E-state index in [-0.39, 0.29) is 47.3 Å². The fourth-order valence-corrected chi connectivity index (χ4v) is 11.8. The van der Waals surface area contributed by atoms with Crippen LogP contribution in [-0.4, -0.2) is 84.2 Å². The van der Waals surface area contributed by atoms with E-state index in [9.17, 15) is 14.7 Å². The Labute approximate surface area is 441 Å². The van der Waals surface area contributed by atoms with Crippen LogP contribution in [0.5, 0.6) is 5.75 Å². The number of thiazole rings is 1. The molecular weight excluding hydrogens is 987 g/mol. The third-order valence-corrected chi connectivity index (χ3v) is 15.1. The van der Waals surface area contributed by atoms with Crippen molar-refractivity contribution in [3.8, 4) is 17.6 Å². The zero-order valence-corrected chi connectivity index (χ0v) is 42.3. The maximum absolute atomic E-state index is 16.9. The number of aromatic nitrogens is 1. The Morgan fingerprint density at radius 2 is 1.45 bits per heavy atom. The number of cyclic esters (lactones) is 1. The molecule has 0 unspecified atom stereocenters. The molecular formula is C59H51N5O11S. The van der Waals surface area contributed by atoms with Gasteiger partial charge in [0.1, 0.15) is 29.9 Å². The molecule has 3 aliphatic rings. The molecule has 6 aromatic carbocycles. The zero-order chi connectivity index (χ0) is 53.1. The molecule has 4 amide bonds. The van der Waals surface area contributed by atoms with E-state index in [0.29, 0.717) is 22.2 Å². The fraction of sp³-hybridized carbons (Fsp3) is 0.237. The van der Waals surface area contributed by atoms with Crippen LogP contribution in [0, 0.1) is 23.7 Å². The number of hydrogen-bond donors (Lipinski definition) is 3. The first kappa shape index (κ1) is 50.8. The Morgan fingerprint density at radius 1 is 0.803 bits per heavy atom. The Morgan fingerprint density at radius 3 is 2.13 bits per heavy atom. The highest BCUT2D eigenvalue weighted by molar-refractivity contribution is 7.22. The standard InChI is InChI=1S/C59H51N5O11S/c1-35(37-19-7-4-8-20-37)60-58(71)63-44-31-30-36(18-17-26-41(53(67)72-2)54(68)73-3)34-42(44)59(56(63)70)47(52(66)62-57-61-43-27-14-16-29-46(43)76-57)49-55(69)75-50(39-23-11-6-12-24-39)48(38-21-9-5-10-22-38)64(49)51(59)40-25-13-15-28-45(40)74-33-32-65/h4-16,19-25,27-31,34-35,41,47-51,65H,26,32-33H2,1-3H3,(H,60,71)(H,61,62,66)/t35-,47-,48-,49-,50+,51+,59-/m1/s1. The number of ether oxygens (including phenoxy) is 4. The summed E-state index contributed by atoms with van der Waals surface area (Å²) in [6, 6.07) is 41.5. The maximum atomic E-state index is 16.9. The monoisotopic (exact) mass is 1040 g/mol. The number of aliphatic hydroxyl groups is 1. The number of aliphatic hydroxyl groups excluding tert-OH is 1. The average molecular weight is 1040 g/mol. The average Bonchev–Trinajstić information content (AvgIpc) is 4.25. The fourth-order valence-electron chi connectivity index (χ4n) is 10.9. The van der Waals surface area contributed by atoms with E-state index in [1.54, 1.807) is 55.5 Å². The molecule has 16 nitrogen and oxygen atoms in total. The molecule has 384 valence electrons. The number of fused-ring (bicyclic) bond motifs is 4. The van der Waals surface area contributed by atoms with Gasteiger partial charge in [0.05, 0.1) is 60.8 Å². The first-order chi connectivity index (χ1) is 37.0. The molecule has 76 heavy (non-hydrogen) atoms. The number of nitrogens with zero attached hydrogens (tertiary/aromatic N) is 3. The van der Waals surface area contributed by atoms with Gasteiger partial charge in [0.15, 0.2) is 11.0 Å².